The van der Waals surface area contributed by atoms with Gasteiger partial charge in [-0.2, -0.15) is 0 Å². The molecule has 1 heterocycles. The van der Waals surface area contributed by atoms with Crippen molar-refractivity contribution in [3.63, 3.8) is 0 Å². The van der Waals surface area contributed by atoms with Crippen LogP contribution in [0.3, 0.4) is 0 Å². The minimum atomic E-state index is -4.26. The number of hydrogen-bond acceptors (Lipinski definition) is 6. The zero-order chi connectivity index (χ0) is 20.5. The highest BCUT2D eigenvalue weighted by Gasteiger charge is 2.29. The van der Waals surface area contributed by atoms with E-state index < -0.39 is 42.2 Å². The molecule has 28 heavy (non-hydrogen) atoms. The second-order valence-corrected chi connectivity index (χ2v) is 7.93. The van der Waals surface area contributed by atoms with Crippen LogP contribution < -0.4 is 4.72 Å². The Morgan fingerprint density at radius 3 is 2.50 bits per heavy atom. The summed E-state index contributed by atoms with van der Waals surface area (Å²) in [5, 5.41) is 23.0. The van der Waals surface area contributed by atoms with Gasteiger partial charge < -0.3 is 4.98 Å². The molecule has 0 amide bonds. The number of non-ortho nitro benzene ring substituents is 1. The van der Waals surface area contributed by atoms with Gasteiger partial charge in [0.1, 0.15) is 0 Å². The third kappa shape index (κ3) is 3.85. The number of aromatic nitrogens is 1. The number of para-hydroxylation sites is 1. The molecule has 3 aromatic rings. The van der Waals surface area contributed by atoms with Crippen molar-refractivity contribution < 1.29 is 18.3 Å². The molecule has 0 radical (unpaired) electrons. The summed E-state index contributed by atoms with van der Waals surface area (Å²) in [7, 11) is -4.26. The Morgan fingerprint density at radius 1 is 1.11 bits per heavy atom. The van der Waals surface area contributed by atoms with Gasteiger partial charge in [-0.25, -0.2) is 13.1 Å². The summed E-state index contributed by atoms with van der Waals surface area (Å²) in [5.74, 6) is 0. The molecule has 0 bridgehead atoms. The monoisotopic (exact) mass is 404 g/mol. The van der Waals surface area contributed by atoms with Gasteiger partial charge >= 0.3 is 0 Å². The number of nitrogens with zero attached hydrogens (tertiary/aromatic N) is 2. The average molecular weight is 404 g/mol. The molecule has 10 nitrogen and oxygen atoms in total. The third-order valence-corrected chi connectivity index (χ3v) is 5.83. The standard InChI is InChI=1S/C17H16N4O6S/c1-11(8-12-10-18-15-5-3-2-4-14(12)15)19-28(26,27)17-7-6-13(20(22)23)9-16(17)21(24)25/h2-7,9-11,18-19H,8H2,1H3. The first-order valence-electron chi connectivity index (χ1n) is 8.19. The molecule has 0 fully saturated rings. The van der Waals surface area contributed by atoms with E-state index in [9.17, 15) is 28.6 Å². The normalized spacial score (nSPS) is 12.8. The van der Waals surface area contributed by atoms with E-state index in [1.165, 1.54) is 0 Å². The fourth-order valence-corrected chi connectivity index (χ4v) is 4.39. The first-order valence-corrected chi connectivity index (χ1v) is 9.67. The summed E-state index contributed by atoms with van der Waals surface area (Å²) in [6.07, 6.45) is 2.13. The predicted molar refractivity (Wildman–Crippen MR) is 102 cm³/mol. The first kappa shape index (κ1) is 19.5. The van der Waals surface area contributed by atoms with Gasteiger partial charge in [0.2, 0.25) is 10.0 Å². The smallest absolute Gasteiger partial charge is 0.296 e. The van der Waals surface area contributed by atoms with Gasteiger partial charge in [-0.05, 0) is 31.0 Å². The number of hydrogen-bond donors (Lipinski definition) is 2. The van der Waals surface area contributed by atoms with Crippen molar-refractivity contribution in [2.24, 2.45) is 0 Å². The zero-order valence-electron chi connectivity index (χ0n) is 14.7. The van der Waals surface area contributed by atoms with E-state index in [0.717, 1.165) is 28.6 Å². The van der Waals surface area contributed by atoms with Crippen LogP contribution in [0.5, 0.6) is 0 Å². The van der Waals surface area contributed by atoms with Crippen molar-refractivity contribution in [3.05, 3.63) is 74.5 Å². The Morgan fingerprint density at radius 2 is 1.82 bits per heavy atom. The molecule has 0 saturated heterocycles. The second-order valence-electron chi connectivity index (χ2n) is 6.25. The fraction of sp³-hybridized carbons (Fsp3) is 0.176. The van der Waals surface area contributed by atoms with Crippen molar-refractivity contribution in [2.75, 3.05) is 0 Å². The molecule has 2 N–H and O–H groups in total. The number of rotatable bonds is 7. The van der Waals surface area contributed by atoms with E-state index in [4.69, 9.17) is 0 Å². The van der Waals surface area contributed by atoms with E-state index in [-0.39, 0.29) is 0 Å². The highest BCUT2D eigenvalue weighted by molar-refractivity contribution is 7.89. The van der Waals surface area contributed by atoms with Crippen LogP contribution in [0.2, 0.25) is 0 Å². The van der Waals surface area contributed by atoms with Crippen molar-refractivity contribution in [1.29, 1.82) is 0 Å². The Labute approximate surface area is 159 Å². The lowest BCUT2D eigenvalue weighted by molar-refractivity contribution is -0.396. The van der Waals surface area contributed by atoms with Crippen molar-refractivity contribution in [1.82, 2.24) is 9.71 Å². The molecule has 3 rings (SSSR count). The minimum Gasteiger partial charge on any atom is -0.361 e. The van der Waals surface area contributed by atoms with Gasteiger partial charge in [-0.3, -0.25) is 20.2 Å². The largest absolute Gasteiger partial charge is 0.361 e. The molecular formula is C17H16N4O6S. The number of fused-ring (bicyclic) bond motifs is 1. The molecule has 0 aliphatic carbocycles. The molecule has 11 heteroatoms. The zero-order valence-corrected chi connectivity index (χ0v) is 15.5. The number of benzene rings is 2. The Bertz CT molecular complexity index is 1170. The van der Waals surface area contributed by atoms with E-state index in [1.807, 2.05) is 24.3 Å². The van der Waals surface area contributed by atoms with Crippen molar-refractivity contribution in [2.45, 2.75) is 24.3 Å². The molecule has 0 aliphatic heterocycles. The van der Waals surface area contributed by atoms with Crippen molar-refractivity contribution >= 4 is 32.3 Å². The topological polar surface area (TPSA) is 148 Å². The molecule has 0 saturated carbocycles. The van der Waals surface area contributed by atoms with Gasteiger partial charge in [-0.15, -0.1) is 0 Å². The Balaban J connectivity index is 1.87. The van der Waals surface area contributed by atoms with Crippen LogP contribution in [0.15, 0.2) is 53.6 Å². The van der Waals surface area contributed by atoms with Crippen LogP contribution in [0.1, 0.15) is 12.5 Å². The minimum absolute atomic E-state index is 0.351. The number of aromatic amines is 1. The average Bonchev–Trinajstić information content (AvgIpc) is 3.03. The molecular weight excluding hydrogens is 388 g/mol. The lowest BCUT2D eigenvalue weighted by atomic mass is 10.1. The quantitative estimate of drug-likeness (QED) is 0.457. The van der Waals surface area contributed by atoms with E-state index in [0.29, 0.717) is 12.5 Å². The fourth-order valence-electron chi connectivity index (χ4n) is 2.99. The second kappa shape index (κ2) is 7.37. The molecule has 146 valence electrons. The number of nitro benzene ring substituents is 2. The molecule has 0 aliphatic rings. The number of nitrogens with one attached hydrogen (secondary N) is 2. The third-order valence-electron chi connectivity index (χ3n) is 4.20. The summed E-state index contributed by atoms with van der Waals surface area (Å²) in [6.45, 7) is 1.64. The molecule has 1 aromatic heterocycles. The number of sulfonamides is 1. The van der Waals surface area contributed by atoms with Gasteiger partial charge in [0.15, 0.2) is 4.90 Å². The van der Waals surface area contributed by atoms with Gasteiger partial charge in [-0.1, -0.05) is 18.2 Å². The Hall–Kier alpha value is -3.31. The first-order chi connectivity index (χ1) is 13.2. The van der Waals surface area contributed by atoms with Crippen LogP contribution in [0.25, 0.3) is 10.9 Å². The van der Waals surface area contributed by atoms with Crippen LogP contribution >= 0.6 is 0 Å². The maximum atomic E-state index is 12.6. The van der Waals surface area contributed by atoms with E-state index in [2.05, 4.69) is 9.71 Å². The van der Waals surface area contributed by atoms with Crippen LogP contribution in [-0.4, -0.2) is 29.3 Å². The predicted octanol–water partition coefficient (Wildman–Crippen LogP) is 2.89. The molecule has 1 atom stereocenters. The summed E-state index contributed by atoms with van der Waals surface area (Å²) in [6, 6.07) is 9.41. The van der Waals surface area contributed by atoms with E-state index >= 15 is 0 Å². The highest BCUT2D eigenvalue weighted by atomic mass is 32.2. The highest BCUT2D eigenvalue weighted by Crippen LogP contribution is 2.28. The summed E-state index contributed by atoms with van der Waals surface area (Å²) in [5.41, 5.74) is 0.404. The summed E-state index contributed by atoms with van der Waals surface area (Å²) >= 11 is 0. The van der Waals surface area contributed by atoms with Gasteiger partial charge in [0, 0.05) is 29.2 Å². The SMILES string of the molecule is CC(Cc1c[nH]c2ccccc12)NS(=O)(=O)c1ccc([N+](=O)[O-])cc1[N+](=O)[O-]. The van der Waals surface area contributed by atoms with Crippen molar-refractivity contribution in [3.8, 4) is 0 Å². The van der Waals surface area contributed by atoms with Gasteiger partial charge in [0.25, 0.3) is 11.4 Å². The number of nitro groups is 2. The maximum absolute atomic E-state index is 12.6. The summed E-state index contributed by atoms with van der Waals surface area (Å²) in [4.78, 5) is 22.7. The van der Waals surface area contributed by atoms with Crippen LogP contribution in [0, 0.1) is 20.2 Å². The lowest BCUT2D eigenvalue weighted by Crippen LogP contribution is -2.34. The van der Waals surface area contributed by atoms with Gasteiger partial charge in [0.05, 0.1) is 15.9 Å². The maximum Gasteiger partial charge on any atom is 0.296 e. The molecule has 1 unspecified atom stereocenters. The summed E-state index contributed by atoms with van der Waals surface area (Å²) < 4.78 is 27.7. The van der Waals surface area contributed by atoms with Crippen LogP contribution in [-0.2, 0) is 16.4 Å². The lowest BCUT2D eigenvalue weighted by Gasteiger charge is -2.14. The Kier molecular flexibility index (Phi) is 5.12. The molecule has 2 aromatic carbocycles. The number of H-pyrrole nitrogens is 1. The van der Waals surface area contributed by atoms with Crippen LogP contribution in [0.4, 0.5) is 11.4 Å². The van der Waals surface area contributed by atoms with E-state index in [1.54, 1.807) is 13.1 Å². The molecule has 0 spiro atoms.